The van der Waals surface area contributed by atoms with Crippen molar-refractivity contribution in [1.29, 1.82) is 0 Å². The van der Waals surface area contributed by atoms with Crippen molar-refractivity contribution in [3.05, 3.63) is 157 Å². The van der Waals surface area contributed by atoms with Crippen molar-refractivity contribution in [2.45, 2.75) is 39.5 Å². The molecule has 0 bridgehead atoms. The maximum Gasteiger partial charge on any atom is -0.0103 e. The molecule has 0 atom stereocenters. The average molecular weight is 519 g/mol. The molecule has 0 radical (unpaired) electrons. The van der Waals surface area contributed by atoms with Crippen LogP contribution in [0.4, 0.5) is 0 Å². The summed E-state index contributed by atoms with van der Waals surface area (Å²) in [6.07, 6.45) is 0. The topological polar surface area (TPSA) is 0 Å². The Kier molecular flexibility index (Phi) is 8.57. The lowest BCUT2D eigenvalue weighted by Crippen LogP contribution is -1.94. The van der Waals surface area contributed by atoms with E-state index in [1.807, 2.05) is 0 Å². The van der Waals surface area contributed by atoms with Crippen LogP contribution in [0.3, 0.4) is 0 Å². The quantitative estimate of drug-likeness (QED) is 0.213. The second-order valence-corrected chi connectivity index (χ2v) is 11.0. The summed E-state index contributed by atoms with van der Waals surface area (Å²) >= 11 is 0. The Bertz CT molecular complexity index is 1660. The normalized spacial score (nSPS) is 10.9. The molecule has 0 amide bonds. The highest BCUT2D eigenvalue weighted by Crippen LogP contribution is 2.36. The van der Waals surface area contributed by atoms with Crippen molar-refractivity contribution in [1.82, 2.24) is 0 Å². The third-order valence-corrected chi connectivity index (χ3v) is 7.51. The summed E-state index contributed by atoms with van der Waals surface area (Å²) in [6, 6.07) is 51.9. The van der Waals surface area contributed by atoms with Crippen LogP contribution in [0.2, 0.25) is 0 Å². The smallest absolute Gasteiger partial charge is 0.0103 e. The molecule has 0 heterocycles. The van der Waals surface area contributed by atoms with Gasteiger partial charge in [0.1, 0.15) is 0 Å². The van der Waals surface area contributed by atoms with Gasteiger partial charge in [-0.3, -0.25) is 0 Å². The molecule has 0 aromatic heterocycles. The molecular weight excluding hydrogens is 480 g/mol. The van der Waals surface area contributed by atoms with E-state index in [1.54, 1.807) is 0 Å². The summed E-state index contributed by atoms with van der Waals surface area (Å²) in [4.78, 5) is 0. The van der Waals surface area contributed by atoms with Crippen LogP contribution in [-0.2, 0) is 0 Å². The van der Waals surface area contributed by atoms with E-state index in [1.165, 1.54) is 55.3 Å². The van der Waals surface area contributed by atoms with Crippen LogP contribution in [0.25, 0.3) is 44.2 Å². The van der Waals surface area contributed by atoms with Gasteiger partial charge in [-0.25, -0.2) is 0 Å². The van der Waals surface area contributed by atoms with Gasteiger partial charge in [0.15, 0.2) is 0 Å². The van der Waals surface area contributed by atoms with E-state index in [9.17, 15) is 0 Å². The fraction of sp³-hybridized carbons (Fsp3) is 0.150. The second kappa shape index (κ2) is 12.6. The number of fused-ring (bicyclic) bond motifs is 1. The zero-order valence-corrected chi connectivity index (χ0v) is 24.0. The highest BCUT2D eigenvalue weighted by atomic mass is 14.2. The van der Waals surface area contributed by atoms with Gasteiger partial charge in [0.05, 0.1) is 0 Å². The third-order valence-electron chi connectivity index (χ3n) is 7.51. The molecule has 0 saturated carbocycles. The van der Waals surface area contributed by atoms with Gasteiger partial charge in [-0.2, -0.15) is 0 Å². The fourth-order valence-corrected chi connectivity index (χ4v) is 5.43. The van der Waals surface area contributed by atoms with Gasteiger partial charge in [-0.1, -0.05) is 173 Å². The van der Waals surface area contributed by atoms with Crippen LogP contribution >= 0.6 is 0 Å². The Hall–Kier alpha value is -4.42. The minimum atomic E-state index is 0.515. The SMILES string of the molecule is CC(C)c1c(-c2ccccc2)ccc2ccccc12.CC(C)c1ccc(-c2ccccc2)c(-c2ccccc2)c1. The van der Waals surface area contributed by atoms with E-state index >= 15 is 0 Å². The van der Waals surface area contributed by atoms with E-state index in [4.69, 9.17) is 0 Å². The van der Waals surface area contributed by atoms with E-state index in [-0.39, 0.29) is 0 Å². The van der Waals surface area contributed by atoms with Crippen LogP contribution in [-0.4, -0.2) is 0 Å². The molecule has 198 valence electrons. The monoisotopic (exact) mass is 518 g/mol. The highest BCUT2D eigenvalue weighted by molar-refractivity contribution is 5.92. The Morgan fingerprint density at radius 1 is 0.375 bits per heavy atom. The Morgan fingerprint density at radius 2 is 0.850 bits per heavy atom. The maximum absolute atomic E-state index is 2.34. The zero-order chi connectivity index (χ0) is 27.9. The molecule has 6 aromatic rings. The lowest BCUT2D eigenvalue weighted by Gasteiger charge is -2.16. The molecule has 0 N–H and O–H groups in total. The van der Waals surface area contributed by atoms with Crippen LogP contribution < -0.4 is 0 Å². The lowest BCUT2D eigenvalue weighted by molar-refractivity contribution is 0.867. The highest BCUT2D eigenvalue weighted by Gasteiger charge is 2.12. The first-order valence-corrected chi connectivity index (χ1v) is 14.3. The zero-order valence-electron chi connectivity index (χ0n) is 24.0. The van der Waals surface area contributed by atoms with Crippen LogP contribution in [0.5, 0.6) is 0 Å². The summed E-state index contributed by atoms with van der Waals surface area (Å²) in [7, 11) is 0. The molecule has 0 aliphatic carbocycles. The predicted molar refractivity (Wildman–Crippen MR) is 175 cm³/mol. The Morgan fingerprint density at radius 3 is 1.40 bits per heavy atom. The van der Waals surface area contributed by atoms with Gasteiger partial charge in [0.2, 0.25) is 0 Å². The maximum atomic E-state index is 2.34. The molecule has 40 heavy (non-hydrogen) atoms. The standard InChI is InChI=1S/C21H20.C19H18/c1-16(2)19-13-14-20(17-9-5-3-6-10-17)21(15-19)18-11-7-4-8-12-18;1-14(2)19-17-11-7-6-10-16(17)12-13-18(19)15-8-4-3-5-9-15/h3-16H,1-2H3;3-14H,1-2H3. The summed E-state index contributed by atoms with van der Waals surface area (Å²) < 4.78 is 0. The number of hydrogen-bond donors (Lipinski definition) is 0. The molecule has 0 fully saturated rings. The molecule has 0 aliphatic heterocycles. The largest absolute Gasteiger partial charge is 0.0622 e. The van der Waals surface area contributed by atoms with Gasteiger partial charge in [0, 0.05) is 0 Å². The molecule has 0 spiro atoms. The van der Waals surface area contributed by atoms with Gasteiger partial charge in [-0.05, 0) is 67.1 Å². The lowest BCUT2D eigenvalue weighted by atomic mass is 9.88. The van der Waals surface area contributed by atoms with E-state index in [2.05, 4.69) is 173 Å². The number of hydrogen-bond acceptors (Lipinski definition) is 0. The molecule has 0 saturated heterocycles. The Balaban J connectivity index is 0.000000162. The van der Waals surface area contributed by atoms with Crippen LogP contribution in [0, 0.1) is 0 Å². The van der Waals surface area contributed by atoms with Crippen molar-refractivity contribution in [3.63, 3.8) is 0 Å². The predicted octanol–water partition coefficient (Wildman–Crippen LogP) is 11.8. The van der Waals surface area contributed by atoms with E-state index < -0.39 is 0 Å². The summed E-state index contributed by atoms with van der Waals surface area (Å²) in [6.45, 7) is 9.03. The molecule has 6 aromatic carbocycles. The molecule has 0 unspecified atom stereocenters. The minimum Gasteiger partial charge on any atom is -0.0622 e. The Labute approximate surface area is 240 Å². The average Bonchev–Trinajstić information content (AvgIpc) is 3.01. The first kappa shape index (κ1) is 27.2. The third kappa shape index (κ3) is 6.08. The summed E-state index contributed by atoms with van der Waals surface area (Å²) in [5, 5.41) is 2.70. The van der Waals surface area contributed by atoms with E-state index in [0.717, 1.165) is 0 Å². The van der Waals surface area contributed by atoms with Gasteiger partial charge < -0.3 is 0 Å². The second-order valence-electron chi connectivity index (χ2n) is 11.0. The molecule has 0 nitrogen and oxygen atoms in total. The fourth-order valence-electron chi connectivity index (χ4n) is 5.43. The number of benzene rings is 6. The molecule has 6 rings (SSSR count). The molecule has 0 aliphatic rings. The van der Waals surface area contributed by atoms with Crippen molar-refractivity contribution >= 4 is 10.8 Å². The summed E-state index contributed by atoms with van der Waals surface area (Å²) in [5.41, 5.74) is 10.6. The molecule has 0 heteroatoms. The number of rotatable bonds is 5. The summed E-state index contributed by atoms with van der Waals surface area (Å²) in [5.74, 6) is 1.05. The van der Waals surface area contributed by atoms with Crippen molar-refractivity contribution in [2.24, 2.45) is 0 Å². The molecular formula is C40H38. The first-order chi connectivity index (χ1) is 19.5. The van der Waals surface area contributed by atoms with Crippen LogP contribution in [0.1, 0.15) is 50.7 Å². The first-order valence-electron chi connectivity index (χ1n) is 14.3. The van der Waals surface area contributed by atoms with Crippen LogP contribution in [0.15, 0.2) is 146 Å². The van der Waals surface area contributed by atoms with E-state index in [0.29, 0.717) is 11.8 Å². The van der Waals surface area contributed by atoms with Gasteiger partial charge >= 0.3 is 0 Å². The van der Waals surface area contributed by atoms with Gasteiger partial charge in [0.25, 0.3) is 0 Å². The van der Waals surface area contributed by atoms with Crippen molar-refractivity contribution < 1.29 is 0 Å². The minimum absolute atomic E-state index is 0.515. The van der Waals surface area contributed by atoms with Crippen molar-refractivity contribution in [3.8, 4) is 33.4 Å². The van der Waals surface area contributed by atoms with Gasteiger partial charge in [-0.15, -0.1) is 0 Å². The van der Waals surface area contributed by atoms with Crippen molar-refractivity contribution in [2.75, 3.05) is 0 Å².